The summed E-state index contributed by atoms with van der Waals surface area (Å²) >= 11 is 3.32. The molecule has 1 unspecified atom stereocenters. The molecule has 0 radical (unpaired) electrons. The molecule has 0 amide bonds. The van der Waals surface area contributed by atoms with E-state index in [0.717, 1.165) is 10.0 Å². The van der Waals surface area contributed by atoms with Crippen LogP contribution in [0.4, 0.5) is 0 Å². The number of nitrogens with zero attached hydrogens (tertiary/aromatic N) is 1. The Morgan fingerprint density at radius 2 is 1.94 bits per heavy atom. The summed E-state index contributed by atoms with van der Waals surface area (Å²) in [5.74, 6) is 0. The average Bonchev–Trinajstić information content (AvgIpc) is 2.30. The first kappa shape index (κ1) is 15.2. The summed E-state index contributed by atoms with van der Waals surface area (Å²) in [5, 5.41) is 7.80. The van der Waals surface area contributed by atoms with Crippen LogP contribution in [0.1, 0.15) is 31.9 Å². The van der Waals surface area contributed by atoms with Crippen LogP contribution in [-0.4, -0.2) is 13.7 Å². The SMILES string of the molecule is CCC(C#N)S(=O)(=O)N[C@H](C)c1ccc(Br)cc1. The Kier molecular flexibility index (Phi) is 5.32. The molecule has 1 rings (SSSR count). The first-order valence-electron chi connectivity index (χ1n) is 5.57. The number of hydrogen-bond donors (Lipinski definition) is 1. The first-order chi connectivity index (χ1) is 8.40. The van der Waals surface area contributed by atoms with Gasteiger partial charge in [0.25, 0.3) is 0 Å². The minimum atomic E-state index is -3.60. The topological polar surface area (TPSA) is 70.0 Å². The fraction of sp³-hybridized carbons (Fsp3) is 0.417. The Morgan fingerprint density at radius 3 is 2.39 bits per heavy atom. The molecule has 6 heteroatoms. The fourth-order valence-electron chi connectivity index (χ4n) is 1.53. The highest BCUT2D eigenvalue weighted by molar-refractivity contribution is 9.10. The zero-order valence-corrected chi connectivity index (χ0v) is 12.6. The number of nitriles is 1. The molecule has 0 spiro atoms. The average molecular weight is 331 g/mol. The smallest absolute Gasteiger partial charge is 0.211 e. The van der Waals surface area contributed by atoms with Gasteiger partial charge in [-0.2, -0.15) is 5.26 Å². The van der Waals surface area contributed by atoms with Gasteiger partial charge >= 0.3 is 0 Å². The molecule has 1 aromatic rings. The molecular weight excluding hydrogens is 316 g/mol. The first-order valence-corrected chi connectivity index (χ1v) is 7.91. The predicted molar refractivity (Wildman–Crippen MR) is 74.3 cm³/mol. The highest BCUT2D eigenvalue weighted by Crippen LogP contribution is 2.18. The Bertz CT molecular complexity index is 534. The molecule has 0 aliphatic heterocycles. The van der Waals surface area contributed by atoms with E-state index in [2.05, 4.69) is 20.7 Å². The zero-order valence-electron chi connectivity index (χ0n) is 10.2. The molecule has 1 N–H and O–H groups in total. The van der Waals surface area contributed by atoms with E-state index in [9.17, 15) is 8.42 Å². The van der Waals surface area contributed by atoms with Crippen molar-refractivity contribution in [1.29, 1.82) is 5.26 Å². The molecule has 2 atom stereocenters. The summed E-state index contributed by atoms with van der Waals surface area (Å²) in [5.41, 5.74) is 0.856. The van der Waals surface area contributed by atoms with Crippen LogP contribution in [0.3, 0.4) is 0 Å². The molecule has 0 aliphatic rings. The van der Waals surface area contributed by atoms with Crippen LogP contribution in [0.15, 0.2) is 28.7 Å². The zero-order chi connectivity index (χ0) is 13.8. The maximum Gasteiger partial charge on any atom is 0.228 e. The van der Waals surface area contributed by atoms with Gasteiger partial charge in [-0.15, -0.1) is 0 Å². The van der Waals surface area contributed by atoms with Crippen molar-refractivity contribution in [3.05, 3.63) is 34.3 Å². The van der Waals surface area contributed by atoms with Crippen LogP contribution in [0, 0.1) is 11.3 Å². The summed E-state index contributed by atoms with van der Waals surface area (Å²) in [6.07, 6.45) is 0.277. The van der Waals surface area contributed by atoms with E-state index in [-0.39, 0.29) is 12.5 Å². The van der Waals surface area contributed by atoms with Gasteiger partial charge in [0.15, 0.2) is 5.25 Å². The maximum absolute atomic E-state index is 11.9. The lowest BCUT2D eigenvalue weighted by Gasteiger charge is -2.16. The molecule has 0 aromatic heterocycles. The van der Waals surface area contributed by atoms with Gasteiger partial charge in [0.2, 0.25) is 10.0 Å². The molecule has 0 aliphatic carbocycles. The summed E-state index contributed by atoms with van der Waals surface area (Å²) in [6.45, 7) is 3.43. The lowest BCUT2D eigenvalue weighted by atomic mass is 10.1. The molecule has 4 nitrogen and oxygen atoms in total. The van der Waals surface area contributed by atoms with Crippen molar-refractivity contribution in [1.82, 2.24) is 4.72 Å². The van der Waals surface area contributed by atoms with E-state index in [1.165, 1.54) is 0 Å². The van der Waals surface area contributed by atoms with Gasteiger partial charge in [0.1, 0.15) is 0 Å². The van der Waals surface area contributed by atoms with E-state index in [4.69, 9.17) is 5.26 Å². The molecule has 1 aromatic carbocycles. The summed E-state index contributed by atoms with van der Waals surface area (Å²) < 4.78 is 27.3. The van der Waals surface area contributed by atoms with Crippen LogP contribution in [0.25, 0.3) is 0 Å². The Hall–Kier alpha value is -0.900. The van der Waals surface area contributed by atoms with Crippen LogP contribution in [0.5, 0.6) is 0 Å². The van der Waals surface area contributed by atoms with Gasteiger partial charge in [0.05, 0.1) is 6.07 Å². The summed E-state index contributed by atoms with van der Waals surface area (Å²) in [4.78, 5) is 0. The second-order valence-electron chi connectivity index (χ2n) is 3.96. The Balaban J connectivity index is 2.85. The molecule has 0 heterocycles. The summed E-state index contributed by atoms with van der Waals surface area (Å²) in [6, 6.07) is 8.82. The third kappa shape index (κ3) is 3.80. The highest BCUT2D eigenvalue weighted by Gasteiger charge is 2.25. The van der Waals surface area contributed by atoms with E-state index >= 15 is 0 Å². The van der Waals surface area contributed by atoms with Crippen molar-refractivity contribution in [2.75, 3.05) is 0 Å². The number of halogens is 1. The minimum absolute atomic E-state index is 0.277. The van der Waals surface area contributed by atoms with Crippen molar-refractivity contribution in [3.8, 4) is 6.07 Å². The molecule has 18 heavy (non-hydrogen) atoms. The third-order valence-electron chi connectivity index (χ3n) is 2.60. The monoisotopic (exact) mass is 330 g/mol. The second kappa shape index (κ2) is 6.32. The number of benzene rings is 1. The highest BCUT2D eigenvalue weighted by atomic mass is 79.9. The van der Waals surface area contributed by atoms with Gasteiger partial charge in [-0.05, 0) is 31.0 Å². The van der Waals surface area contributed by atoms with Crippen molar-refractivity contribution >= 4 is 26.0 Å². The van der Waals surface area contributed by atoms with Crippen LogP contribution in [0.2, 0.25) is 0 Å². The molecule has 0 bridgehead atoms. The van der Waals surface area contributed by atoms with Gasteiger partial charge in [-0.3, -0.25) is 0 Å². The normalized spacial score (nSPS) is 14.8. The largest absolute Gasteiger partial charge is 0.228 e. The fourth-order valence-corrected chi connectivity index (χ4v) is 3.16. The van der Waals surface area contributed by atoms with E-state index in [1.807, 2.05) is 24.3 Å². The molecule has 0 fully saturated rings. The third-order valence-corrected chi connectivity index (χ3v) is 5.00. The van der Waals surface area contributed by atoms with Gasteiger partial charge in [-0.1, -0.05) is 35.0 Å². The van der Waals surface area contributed by atoms with Crippen molar-refractivity contribution in [2.45, 2.75) is 31.6 Å². The quantitative estimate of drug-likeness (QED) is 0.902. The molecule has 98 valence electrons. The van der Waals surface area contributed by atoms with Gasteiger partial charge in [-0.25, -0.2) is 13.1 Å². The molecule has 0 saturated carbocycles. The van der Waals surface area contributed by atoms with E-state index in [1.54, 1.807) is 19.9 Å². The van der Waals surface area contributed by atoms with Gasteiger partial charge in [0, 0.05) is 10.5 Å². The van der Waals surface area contributed by atoms with Crippen LogP contribution < -0.4 is 4.72 Å². The van der Waals surface area contributed by atoms with Crippen molar-refractivity contribution in [3.63, 3.8) is 0 Å². The molecular formula is C12H15BrN2O2S. The van der Waals surface area contributed by atoms with Crippen LogP contribution >= 0.6 is 15.9 Å². The Labute approximate surface area is 116 Å². The lowest BCUT2D eigenvalue weighted by molar-refractivity contribution is 0.558. The Morgan fingerprint density at radius 1 is 1.39 bits per heavy atom. The minimum Gasteiger partial charge on any atom is -0.211 e. The van der Waals surface area contributed by atoms with Crippen molar-refractivity contribution in [2.24, 2.45) is 0 Å². The maximum atomic E-state index is 11.9. The number of rotatable bonds is 5. The lowest BCUT2D eigenvalue weighted by Crippen LogP contribution is -2.34. The van der Waals surface area contributed by atoms with Crippen molar-refractivity contribution < 1.29 is 8.42 Å². The van der Waals surface area contributed by atoms with E-state index < -0.39 is 15.3 Å². The molecule has 0 saturated heterocycles. The second-order valence-corrected chi connectivity index (χ2v) is 6.77. The standard InChI is InChI=1S/C12H15BrN2O2S/c1-3-12(8-14)18(16,17)15-9(2)10-4-6-11(13)7-5-10/h4-7,9,12,15H,3H2,1-2H3/t9-,12?/m1/s1. The number of hydrogen-bond acceptors (Lipinski definition) is 3. The summed E-state index contributed by atoms with van der Waals surface area (Å²) in [7, 11) is -3.60. The number of nitrogens with one attached hydrogen (secondary N) is 1. The van der Waals surface area contributed by atoms with Crippen LogP contribution in [-0.2, 0) is 10.0 Å². The van der Waals surface area contributed by atoms with E-state index in [0.29, 0.717) is 0 Å². The predicted octanol–water partition coefficient (Wildman–Crippen LogP) is 2.73. The van der Waals surface area contributed by atoms with Gasteiger partial charge < -0.3 is 0 Å². The number of sulfonamides is 1.